The Morgan fingerprint density at radius 2 is 1.70 bits per heavy atom. The molecule has 1 atom stereocenters. The normalized spacial score (nSPS) is 12.3. The van der Waals surface area contributed by atoms with Gasteiger partial charge in [0.25, 0.3) is 0 Å². The minimum atomic E-state index is -0.665. The van der Waals surface area contributed by atoms with Crippen LogP contribution in [0.4, 0.5) is 0 Å². The molecule has 0 spiro atoms. The molecule has 0 heterocycles. The highest BCUT2D eigenvalue weighted by Crippen LogP contribution is 2.21. The van der Waals surface area contributed by atoms with E-state index in [0.29, 0.717) is 31.5 Å². The number of unbranched alkanes of at least 4 members (excludes halogenated alkanes) is 3. The van der Waals surface area contributed by atoms with E-state index in [9.17, 15) is 9.59 Å². The highest BCUT2D eigenvalue weighted by atomic mass is 16.5. The minimum Gasteiger partial charge on any atom is -0.494 e. The number of amides is 1. The number of hydrogen-bond acceptors (Lipinski definition) is 4. The van der Waals surface area contributed by atoms with Crippen molar-refractivity contribution >= 4 is 11.9 Å². The molecule has 0 saturated carbocycles. The third-order valence-electron chi connectivity index (χ3n) is 4.87. The molecule has 1 aromatic carbocycles. The van der Waals surface area contributed by atoms with Gasteiger partial charge in [0.05, 0.1) is 13.2 Å². The number of ether oxygens (including phenoxy) is 2. The average Bonchev–Trinajstić information content (AvgIpc) is 2.69. The van der Waals surface area contributed by atoms with Crippen molar-refractivity contribution < 1.29 is 19.1 Å². The molecule has 0 radical (unpaired) electrons. The Hall–Kier alpha value is -2.04. The van der Waals surface area contributed by atoms with Crippen LogP contribution in [0.5, 0.6) is 5.75 Å². The molecule has 30 heavy (non-hydrogen) atoms. The lowest BCUT2D eigenvalue weighted by atomic mass is 9.91. The van der Waals surface area contributed by atoms with Crippen LogP contribution >= 0.6 is 0 Å². The molecule has 1 rings (SSSR count). The summed E-state index contributed by atoms with van der Waals surface area (Å²) in [6.45, 7) is 11.6. The summed E-state index contributed by atoms with van der Waals surface area (Å²) in [5.74, 6) is 0.338. The van der Waals surface area contributed by atoms with Crippen LogP contribution in [0.3, 0.4) is 0 Å². The van der Waals surface area contributed by atoms with Crippen molar-refractivity contribution in [3.63, 3.8) is 0 Å². The van der Waals surface area contributed by atoms with Crippen LogP contribution in [0.2, 0.25) is 0 Å². The third kappa shape index (κ3) is 11.8. The topological polar surface area (TPSA) is 64.6 Å². The van der Waals surface area contributed by atoms with Gasteiger partial charge in [0.2, 0.25) is 5.91 Å². The second kappa shape index (κ2) is 14.1. The zero-order valence-electron chi connectivity index (χ0n) is 19.6. The summed E-state index contributed by atoms with van der Waals surface area (Å²) in [6.07, 6.45) is 7.11. The molecule has 1 aromatic rings. The highest BCUT2D eigenvalue weighted by molar-refractivity contribution is 5.84. The van der Waals surface area contributed by atoms with Gasteiger partial charge in [-0.1, -0.05) is 59.1 Å². The molecule has 0 saturated heterocycles. The molecule has 1 N–H and O–H groups in total. The van der Waals surface area contributed by atoms with Crippen molar-refractivity contribution in [3.8, 4) is 5.75 Å². The number of esters is 1. The largest absolute Gasteiger partial charge is 0.494 e. The predicted molar refractivity (Wildman–Crippen MR) is 122 cm³/mol. The van der Waals surface area contributed by atoms with Gasteiger partial charge in [0, 0.05) is 12.8 Å². The molecular formula is C25H41NO4. The lowest BCUT2D eigenvalue weighted by Crippen LogP contribution is -2.43. The van der Waals surface area contributed by atoms with E-state index < -0.39 is 6.04 Å². The summed E-state index contributed by atoms with van der Waals surface area (Å²) in [4.78, 5) is 24.6. The third-order valence-corrected chi connectivity index (χ3v) is 4.87. The van der Waals surface area contributed by atoms with E-state index in [1.165, 1.54) is 0 Å². The van der Waals surface area contributed by atoms with Crippen molar-refractivity contribution in [1.29, 1.82) is 0 Å². The first kappa shape index (κ1) is 26.0. The van der Waals surface area contributed by atoms with Crippen LogP contribution in [0, 0.1) is 5.41 Å². The van der Waals surface area contributed by atoms with Gasteiger partial charge in [-0.3, -0.25) is 4.79 Å². The van der Waals surface area contributed by atoms with Gasteiger partial charge >= 0.3 is 5.97 Å². The van der Waals surface area contributed by atoms with Crippen molar-refractivity contribution in [2.24, 2.45) is 5.41 Å². The second-order valence-corrected chi connectivity index (χ2v) is 9.04. The van der Waals surface area contributed by atoms with Gasteiger partial charge in [-0.05, 0) is 49.3 Å². The first-order valence-corrected chi connectivity index (χ1v) is 11.4. The molecule has 0 aromatic heterocycles. The molecule has 0 aliphatic rings. The minimum absolute atomic E-state index is 0.0945. The fourth-order valence-corrected chi connectivity index (χ4v) is 3.16. The average molecular weight is 420 g/mol. The molecule has 5 heteroatoms. The van der Waals surface area contributed by atoms with Crippen molar-refractivity contribution in [1.82, 2.24) is 5.32 Å². The van der Waals surface area contributed by atoms with E-state index in [-0.39, 0.29) is 11.9 Å². The molecule has 0 unspecified atom stereocenters. The summed E-state index contributed by atoms with van der Waals surface area (Å²) in [6, 6.07) is 7.06. The summed E-state index contributed by atoms with van der Waals surface area (Å²) in [7, 11) is 0. The molecule has 0 bridgehead atoms. The quantitative estimate of drug-likeness (QED) is 0.321. The van der Waals surface area contributed by atoms with E-state index in [1.54, 1.807) is 6.92 Å². The van der Waals surface area contributed by atoms with E-state index in [2.05, 4.69) is 33.0 Å². The molecule has 0 fully saturated rings. The van der Waals surface area contributed by atoms with Crippen LogP contribution in [0.15, 0.2) is 24.3 Å². The van der Waals surface area contributed by atoms with E-state index in [0.717, 1.165) is 49.8 Å². The summed E-state index contributed by atoms with van der Waals surface area (Å²) in [5.41, 5.74) is 1.27. The van der Waals surface area contributed by atoms with E-state index in [1.807, 2.05) is 24.3 Å². The van der Waals surface area contributed by atoms with Crippen LogP contribution in [-0.2, 0) is 20.7 Å². The summed E-state index contributed by atoms with van der Waals surface area (Å²) >= 11 is 0. The smallest absolute Gasteiger partial charge is 0.328 e. The Labute approximate surface area is 182 Å². The first-order valence-electron chi connectivity index (χ1n) is 11.4. The fourth-order valence-electron chi connectivity index (χ4n) is 3.16. The number of nitrogens with one attached hydrogen (secondary N) is 1. The summed E-state index contributed by atoms with van der Waals surface area (Å²) in [5, 5.41) is 2.85. The number of carbonyl (C=O) groups is 2. The van der Waals surface area contributed by atoms with Crippen molar-refractivity contribution in [2.45, 2.75) is 92.0 Å². The monoisotopic (exact) mass is 419 g/mol. The zero-order valence-corrected chi connectivity index (χ0v) is 19.6. The van der Waals surface area contributed by atoms with Crippen molar-refractivity contribution in [2.75, 3.05) is 13.2 Å². The van der Waals surface area contributed by atoms with Gasteiger partial charge in [-0.15, -0.1) is 0 Å². The maximum absolute atomic E-state index is 12.3. The standard InChI is InChI=1S/C25H41NO4/c1-6-8-9-10-12-23(27)26-22(24(28)29-7-2)19-20-13-15-21(16-14-20)30-18-11-17-25(3,4)5/h13-16,22H,6-12,17-19H2,1-5H3,(H,26,27)/t22-/m1/s1. The first-order chi connectivity index (χ1) is 14.2. The van der Waals surface area contributed by atoms with E-state index >= 15 is 0 Å². The van der Waals surface area contributed by atoms with E-state index in [4.69, 9.17) is 9.47 Å². The van der Waals surface area contributed by atoms with Crippen LogP contribution in [0.1, 0.15) is 85.1 Å². The molecule has 1 amide bonds. The number of rotatable bonds is 14. The lowest BCUT2D eigenvalue weighted by molar-refractivity contribution is -0.147. The number of benzene rings is 1. The Morgan fingerprint density at radius 1 is 1.00 bits per heavy atom. The van der Waals surface area contributed by atoms with Gasteiger partial charge < -0.3 is 14.8 Å². The Balaban J connectivity index is 2.57. The molecule has 170 valence electrons. The van der Waals surface area contributed by atoms with Gasteiger partial charge in [0.15, 0.2) is 0 Å². The molecule has 0 aliphatic heterocycles. The van der Waals surface area contributed by atoms with Crippen molar-refractivity contribution in [3.05, 3.63) is 29.8 Å². The number of carbonyl (C=O) groups excluding carboxylic acids is 2. The summed E-state index contributed by atoms with van der Waals surface area (Å²) < 4.78 is 11.0. The molecular weight excluding hydrogens is 378 g/mol. The molecule has 0 aliphatic carbocycles. The van der Waals surface area contributed by atoms with Crippen LogP contribution < -0.4 is 10.1 Å². The maximum atomic E-state index is 12.3. The van der Waals surface area contributed by atoms with Crippen LogP contribution in [0.25, 0.3) is 0 Å². The highest BCUT2D eigenvalue weighted by Gasteiger charge is 2.22. The van der Waals surface area contributed by atoms with Gasteiger partial charge in [0.1, 0.15) is 11.8 Å². The maximum Gasteiger partial charge on any atom is 0.328 e. The number of hydrogen-bond donors (Lipinski definition) is 1. The Kier molecular flexibility index (Phi) is 12.2. The zero-order chi connectivity index (χ0) is 22.4. The second-order valence-electron chi connectivity index (χ2n) is 9.04. The van der Waals surface area contributed by atoms with Gasteiger partial charge in [-0.2, -0.15) is 0 Å². The molecule has 5 nitrogen and oxygen atoms in total. The SMILES string of the molecule is CCCCCCC(=O)N[C@H](Cc1ccc(OCCCC(C)(C)C)cc1)C(=O)OCC. The fraction of sp³-hybridized carbons (Fsp3) is 0.680. The predicted octanol–water partition coefficient (Wildman–Crippen LogP) is 5.45. The van der Waals surface area contributed by atoms with Gasteiger partial charge in [-0.25, -0.2) is 4.79 Å². The van der Waals surface area contributed by atoms with Crippen LogP contribution in [-0.4, -0.2) is 31.1 Å². The Bertz CT molecular complexity index is 619. The lowest BCUT2D eigenvalue weighted by Gasteiger charge is -2.18. The Morgan fingerprint density at radius 3 is 2.30 bits per heavy atom.